The standard InChI is InChI=1S/C25H30FN3O4/c1-31-24-17-20(7-8-23(24)32-16-15-29-12-4-11-27-29)18-28-13-9-25(30,10-14-28)19-33-22-6-3-2-5-21(22)26/h2-8,11-12,17,30H,9-10,13-16,18-19H2,1H3. The molecule has 3 aromatic rings. The van der Waals surface area contributed by atoms with Crippen LogP contribution in [-0.4, -0.2) is 58.8 Å². The molecule has 176 valence electrons. The summed E-state index contributed by atoms with van der Waals surface area (Å²) in [5.41, 5.74) is 0.155. The van der Waals surface area contributed by atoms with Crippen LogP contribution in [0.3, 0.4) is 0 Å². The summed E-state index contributed by atoms with van der Waals surface area (Å²) in [5, 5.41) is 15.0. The van der Waals surface area contributed by atoms with Crippen LogP contribution in [0.5, 0.6) is 17.2 Å². The third-order valence-electron chi connectivity index (χ3n) is 5.89. The second-order valence-corrected chi connectivity index (χ2v) is 8.32. The molecule has 1 aromatic heterocycles. The predicted molar refractivity (Wildman–Crippen MR) is 122 cm³/mol. The van der Waals surface area contributed by atoms with Crippen LogP contribution in [0.15, 0.2) is 60.9 Å². The van der Waals surface area contributed by atoms with E-state index >= 15 is 0 Å². The van der Waals surface area contributed by atoms with Gasteiger partial charge >= 0.3 is 0 Å². The Hall–Kier alpha value is -3.10. The number of likely N-dealkylation sites (tertiary alicyclic amines) is 1. The first-order valence-electron chi connectivity index (χ1n) is 11.1. The van der Waals surface area contributed by atoms with Gasteiger partial charge in [-0.3, -0.25) is 9.58 Å². The van der Waals surface area contributed by atoms with Crippen LogP contribution in [0.2, 0.25) is 0 Å². The molecular weight excluding hydrogens is 425 g/mol. The zero-order chi connectivity index (χ0) is 23.1. The number of rotatable bonds is 10. The van der Waals surface area contributed by atoms with Gasteiger partial charge in [0, 0.05) is 32.0 Å². The second-order valence-electron chi connectivity index (χ2n) is 8.32. The summed E-state index contributed by atoms with van der Waals surface area (Å²) in [7, 11) is 1.63. The number of aliphatic hydroxyl groups is 1. The van der Waals surface area contributed by atoms with Crippen molar-refractivity contribution in [2.45, 2.75) is 31.5 Å². The molecule has 33 heavy (non-hydrogen) atoms. The van der Waals surface area contributed by atoms with Crippen molar-refractivity contribution in [1.29, 1.82) is 0 Å². The Bertz CT molecular complexity index is 1020. The molecule has 0 aliphatic carbocycles. The van der Waals surface area contributed by atoms with Gasteiger partial charge < -0.3 is 19.3 Å². The van der Waals surface area contributed by atoms with E-state index in [4.69, 9.17) is 14.2 Å². The molecule has 2 aromatic carbocycles. The quantitative estimate of drug-likeness (QED) is 0.505. The molecule has 7 nitrogen and oxygen atoms in total. The van der Waals surface area contributed by atoms with Crippen LogP contribution >= 0.6 is 0 Å². The Morgan fingerprint density at radius 2 is 1.85 bits per heavy atom. The Morgan fingerprint density at radius 3 is 2.58 bits per heavy atom. The van der Waals surface area contributed by atoms with E-state index in [1.165, 1.54) is 6.07 Å². The molecule has 0 saturated carbocycles. The smallest absolute Gasteiger partial charge is 0.165 e. The van der Waals surface area contributed by atoms with Gasteiger partial charge in [-0.1, -0.05) is 18.2 Å². The van der Waals surface area contributed by atoms with Gasteiger partial charge in [-0.05, 0) is 48.7 Å². The van der Waals surface area contributed by atoms with Crippen LogP contribution in [0.25, 0.3) is 0 Å². The topological polar surface area (TPSA) is 69.0 Å². The third kappa shape index (κ3) is 6.24. The molecule has 1 fully saturated rings. The van der Waals surface area contributed by atoms with Gasteiger partial charge in [-0.15, -0.1) is 0 Å². The van der Waals surface area contributed by atoms with E-state index in [0.717, 1.165) is 25.2 Å². The fourth-order valence-corrected chi connectivity index (χ4v) is 3.92. The summed E-state index contributed by atoms with van der Waals surface area (Å²) in [6.45, 7) is 3.43. The number of hydrogen-bond donors (Lipinski definition) is 1. The lowest BCUT2D eigenvalue weighted by Gasteiger charge is -2.38. The van der Waals surface area contributed by atoms with Crippen molar-refractivity contribution in [3.63, 3.8) is 0 Å². The van der Waals surface area contributed by atoms with Crippen LogP contribution in [0.4, 0.5) is 4.39 Å². The van der Waals surface area contributed by atoms with Gasteiger partial charge in [0.25, 0.3) is 0 Å². The molecule has 1 N–H and O–H groups in total. The van der Waals surface area contributed by atoms with E-state index in [1.54, 1.807) is 31.5 Å². The van der Waals surface area contributed by atoms with Crippen LogP contribution < -0.4 is 14.2 Å². The largest absolute Gasteiger partial charge is 0.493 e. The van der Waals surface area contributed by atoms with E-state index < -0.39 is 11.4 Å². The molecule has 0 radical (unpaired) electrons. The second kappa shape index (κ2) is 10.7. The monoisotopic (exact) mass is 455 g/mol. The highest BCUT2D eigenvalue weighted by Gasteiger charge is 2.33. The van der Waals surface area contributed by atoms with Crippen molar-refractivity contribution in [2.75, 3.05) is 33.4 Å². The normalized spacial score (nSPS) is 15.8. The summed E-state index contributed by atoms with van der Waals surface area (Å²) in [6, 6.07) is 14.1. The molecule has 4 rings (SSSR count). The summed E-state index contributed by atoms with van der Waals surface area (Å²) < 4.78 is 32.5. The highest BCUT2D eigenvalue weighted by Crippen LogP contribution is 2.30. The van der Waals surface area contributed by atoms with Gasteiger partial charge in [0.15, 0.2) is 23.1 Å². The minimum atomic E-state index is -0.956. The van der Waals surface area contributed by atoms with E-state index in [0.29, 0.717) is 37.5 Å². The van der Waals surface area contributed by atoms with Crippen LogP contribution in [0, 0.1) is 5.82 Å². The minimum Gasteiger partial charge on any atom is -0.493 e. The van der Waals surface area contributed by atoms with Crippen molar-refractivity contribution in [3.05, 3.63) is 72.3 Å². The molecule has 1 saturated heterocycles. The first kappa shape index (κ1) is 23.1. The average Bonchev–Trinajstić information content (AvgIpc) is 3.35. The van der Waals surface area contributed by atoms with E-state index in [1.807, 2.05) is 35.1 Å². The number of halogens is 1. The first-order chi connectivity index (χ1) is 16.0. The van der Waals surface area contributed by atoms with Crippen molar-refractivity contribution in [3.8, 4) is 17.2 Å². The predicted octanol–water partition coefficient (Wildman–Crippen LogP) is 3.52. The lowest BCUT2D eigenvalue weighted by atomic mass is 9.92. The minimum absolute atomic E-state index is 0.0835. The summed E-state index contributed by atoms with van der Waals surface area (Å²) in [6.07, 6.45) is 4.77. The van der Waals surface area contributed by atoms with Gasteiger partial charge in [0.2, 0.25) is 0 Å². The lowest BCUT2D eigenvalue weighted by Crippen LogP contribution is -2.47. The molecule has 8 heteroatoms. The van der Waals surface area contributed by atoms with Gasteiger partial charge in [-0.25, -0.2) is 4.39 Å². The first-order valence-corrected chi connectivity index (χ1v) is 11.1. The molecule has 0 spiro atoms. The highest BCUT2D eigenvalue weighted by atomic mass is 19.1. The molecule has 0 amide bonds. The summed E-state index contributed by atoms with van der Waals surface area (Å²) >= 11 is 0. The Labute approximate surface area is 193 Å². The highest BCUT2D eigenvalue weighted by molar-refractivity contribution is 5.43. The van der Waals surface area contributed by atoms with Gasteiger partial charge in [-0.2, -0.15) is 5.10 Å². The fraction of sp³-hybridized carbons (Fsp3) is 0.400. The number of ether oxygens (including phenoxy) is 3. The summed E-state index contributed by atoms with van der Waals surface area (Å²) in [4.78, 5) is 2.28. The van der Waals surface area contributed by atoms with E-state index in [2.05, 4.69) is 10.00 Å². The van der Waals surface area contributed by atoms with Crippen molar-refractivity contribution < 1.29 is 23.7 Å². The number of hydrogen-bond acceptors (Lipinski definition) is 6. The van der Waals surface area contributed by atoms with Crippen molar-refractivity contribution in [1.82, 2.24) is 14.7 Å². The van der Waals surface area contributed by atoms with Crippen molar-refractivity contribution in [2.24, 2.45) is 0 Å². The molecule has 0 unspecified atom stereocenters. The Kier molecular flexibility index (Phi) is 7.47. The number of nitrogens with zero attached hydrogens (tertiary/aromatic N) is 3. The number of piperidine rings is 1. The molecule has 0 bridgehead atoms. The van der Waals surface area contributed by atoms with E-state index in [9.17, 15) is 9.50 Å². The van der Waals surface area contributed by atoms with Crippen LogP contribution in [0.1, 0.15) is 18.4 Å². The fourth-order valence-electron chi connectivity index (χ4n) is 3.92. The zero-order valence-corrected chi connectivity index (χ0v) is 18.8. The molecule has 2 heterocycles. The third-order valence-corrected chi connectivity index (χ3v) is 5.89. The van der Waals surface area contributed by atoms with Crippen LogP contribution in [-0.2, 0) is 13.1 Å². The number of methoxy groups -OCH3 is 1. The molecule has 0 atom stereocenters. The maximum Gasteiger partial charge on any atom is 0.165 e. The zero-order valence-electron chi connectivity index (χ0n) is 18.8. The SMILES string of the molecule is COc1cc(CN2CCC(O)(COc3ccccc3F)CC2)ccc1OCCn1cccn1. The lowest BCUT2D eigenvalue weighted by molar-refractivity contribution is -0.0543. The molecular formula is C25H30FN3O4. The van der Waals surface area contributed by atoms with Gasteiger partial charge in [0.05, 0.1) is 13.7 Å². The van der Waals surface area contributed by atoms with Crippen molar-refractivity contribution >= 4 is 0 Å². The Balaban J connectivity index is 1.26. The number of para-hydroxylation sites is 1. The Morgan fingerprint density at radius 1 is 1.03 bits per heavy atom. The van der Waals surface area contributed by atoms with Gasteiger partial charge in [0.1, 0.15) is 18.8 Å². The number of benzene rings is 2. The number of aromatic nitrogens is 2. The molecule has 1 aliphatic rings. The van der Waals surface area contributed by atoms with E-state index in [-0.39, 0.29) is 12.4 Å². The molecule has 1 aliphatic heterocycles. The maximum absolute atomic E-state index is 13.8. The summed E-state index contributed by atoms with van der Waals surface area (Å²) in [5.74, 6) is 1.15. The maximum atomic E-state index is 13.8. The average molecular weight is 456 g/mol.